The summed E-state index contributed by atoms with van der Waals surface area (Å²) in [5, 5.41) is 2.18. The summed E-state index contributed by atoms with van der Waals surface area (Å²) in [6.45, 7) is 2.81. The van der Waals surface area contributed by atoms with Gasteiger partial charge < -0.3 is 4.74 Å². The molecule has 8 heteroatoms. The number of hydrogen-bond acceptors (Lipinski definition) is 8. The van der Waals surface area contributed by atoms with Gasteiger partial charge in [0.1, 0.15) is 6.61 Å². The van der Waals surface area contributed by atoms with Gasteiger partial charge >= 0.3 is 0 Å². The standard InChI is InChI=1S/C12H11NOS6/c1-6-4-14-8(13-6)7-5-17-11(18-7)12-19-9-10(20-12)16-3-2-15-9/h5-6H,2-4H2,1H3. The lowest BCUT2D eigenvalue weighted by atomic mass is 10.4. The molecule has 4 aliphatic heterocycles. The third-order valence-electron chi connectivity index (χ3n) is 2.74. The topological polar surface area (TPSA) is 21.6 Å². The highest BCUT2D eigenvalue weighted by molar-refractivity contribution is 8.43. The van der Waals surface area contributed by atoms with Crippen LogP contribution in [0.2, 0.25) is 0 Å². The molecule has 4 rings (SSSR count). The second-order valence-corrected chi connectivity index (χ2v) is 11.6. The van der Waals surface area contributed by atoms with Crippen LogP contribution in [0.3, 0.4) is 0 Å². The van der Waals surface area contributed by atoms with Crippen molar-refractivity contribution in [3.05, 3.63) is 27.3 Å². The molecular weight excluding hydrogens is 367 g/mol. The van der Waals surface area contributed by atoms with Gasteiger partial charge in [-0.2, -0.15) is 0 Å². The number of nitrogens with zero attached hydrogens (tertiary/aromatic N) is 1. The number of aliphatic imine (C=N–C) groups is 1. The molecule has 0 aromatic carbocycles. The van der Waals surface area contributed by atoms with Gasteiger partial charge in [0, 0.05) is 11.5 Å². The maximum atomic E-state index is 5.65. The van der Waals surface area contributed by atoms with Gasteiger partial charge in [0.05, 0.1) is 27.9 Å². The van der Waals surface area contributed by atoms with Crippen molar-refractivity contribution in [3.8, 4) is 0 Å². The molecule has 0 aromatic rings. The quantitative estimate of drug-likeness (QED) is 0.607. The lowest BCUT2D eigenvalue weighted by Gasteiger charge is -2.08. The zero-order valence-corrected chi connectivity index (χ0v) is 15.5. The van der Waals surface area contributed by atoms with Crippen LogP contribution in [0.15, 0.2) is 32.3 Å². The first-order valence-electron chi connectivity index (χ1n) is 6.15. The van der Waals surface area contributed by atoms with Gasteiger partial charge in [0.15, 0.2) is 0 Å². The van der Waals surface area contributed by atoms with E-state index in [-0.39, 0.29) is 0 Å². The molecule has 0 aromatic heterocycles. The van der Waals surface area contributed by atoms with Crippen LogP contribution in [0.1, 0.15) is 6.92 Å². The fraction of sp³-hybridized carbons (Fsp3) is 0.417. The van der Waals surface area contributed by atoms with E-state index in [4.69, 9.17) is 4.74 Å². The van der Waals surface area contributed by atoms with Gasteiger partial charge in [0.25, 0.3) is 0 Å². The van der Waals surface area contributed by atoms with Gasteiger partial charge in [-0.1, -0.05) is 47.0 Å². The van der Waals surface area contributed by atoms with Crippen molar-refractivity contribution in [2.75, 3.05) is 18.1 Å². The van der Waals surface area contributed by atoms with Crippen LogP contribution < -0.4 is 0 Å². The maximum Gasteiger partial charge on any atom is 0.224 e. The molecule has 0 radical (unpaired) electrons. The van der Waals surface area contributed by atoms with Crippen LogP contribution in [0.5, 0.6) is 0 Å². The second kappa shape index (κ2) is 6.12. The molecule has 0 spiro atoms. The third-order valence-corrected chi connectivity index (χ3v) is 11.4. The van der Waals surface area contributed by atoms with E-state index in [1.165, 1.54) is 33.4 Å². The van der Waals surface area contributed by atoms with Crippen LogP contribution in [0.25, 0.3) is 0 Å². The van der Waals surface area contributed by atoms with E-state index >= 15 is 0 Å². The Bertz CT molecular complexity index is 558. The van der Waals surface area contributed by atoms with E-state index in [0.717, 1.165) is 12.5 Å². The average Bonchev–Trinajstić information content (AvgIpc) is 3.16. The van der Waals surface area contributed by atoms with Crippen LogP contribution in [-0.4, -0.2) is 30.1 Å². The van der Waals surface area contributed by atoms with E-state index in [1.54, 1.807) is 0 Å². The molecule has 106 valence electrons. The van der Waals surface area contributed by atoms with Crippen LogP contribution in [-0.2, 0) is 4.74 Å². The van der Waals surface area contributed by atoms with E-state index in [2.05, 4.69) is 17.3 Å². The van der Waals surface area contributed by atoms with Crippen molar-refractivity contribution >= 4 is 76.5 Å². The van der Waals surface area contributed by atoms with Gasteiger partial charge in [-0.15, -0.1) is 23.5 Å². The molecular formula is C12H11NOS6. The van der Waals surface area contributed by atoms with Gasteiger partial charge in [-0.25, -0.2) is 4.99 Å². The molecule has 0 amide bonds. The predicted octanol–water partition coefficient (Wildman–Crippen LogP) is 5.34. The summed E-state index contributed by atoms with van der Waals surface area (Å²) in [7, 11) is 0. The summed E-state index contributed by atoms with van der Waals surface area (Å²) >= 11 is 11.5. The fourth-order valence-corrected chi connectivity index (χ4v) is 10.3. The highest BCUT2D eigenvalue weighted by Gasteiger charge is 2.31. The molecule has 1 atom stereocenters. The molecule has 0 bridgehead atoms. The lowest BCUT2D eigenvalue weighted by molar-refractivity contribution is 0.325. The number of hydrogen-bond donors (Lipinski definition) is 0. The molecule has 0 saturated heterocycles. The van der Waals surface area contributed by atoms with E-state index < -0.39 is 0 Å². The number of rotatable bonds is 1. The van der Waals surface area contributed by atoms with Crippen LogP contribution in [0, 0.1) is 0 Å². The SMILES string of the molecule is CC1COC(C2=CSC(=C3SC4=C(SCCS4)S3)S2)=N1. The summed E-state index contributed by atoms with van der Waals surface area (Å²) in [6, 6.07) is 0.296. The Labute approximate surface area is 143 Å². The minimum atomic E-state index is 0.296. The van der Waals surface area contributed by atoms with Crippen molar-refractivity contribution in [1.82, 2.24) is 0 Å². The molecule has 0 saturated carbocycles. The highest BCUT2D eigenvalue weighted by Crippen LogP contribution is 2.63. The van der Waals surface area contributed by atoms with E-state index in [9.17, 15) is 0 Å². The first kappa shape index (κ1) is 14.4. The Hall–Kier alpha value is 0.790. The molecule has 1 unspecified atom stereocenters. The minimum absolute atomic E-state index is 0.296. The summed E-state index contributed by atoms with van der Waals surface area (Å²) in [6.07, 6.45) is 0. The summed E-state index contributed by atoms with van der Waals surface area (Å²) < 4.78 is 11.5. The van der Waals surface area contributed by atoms with Crippen molar-refractivity contribution in [2.24, 2.45) is 4.99 Å². The molecule has 20 heavy (non-hydrogen) atoms. The smallest absolute Gasteiger partial charge is 0.224 e. The third kappa shape index (κ3) is 2.84. The van der Waals surface area contributed by atoms with Crippen molar-refractivity contribution < 1.29 is 4.74 Å². The highest BCUT2D eigenvalue weighted by atomic mass is 32.3. The Morgan fingerprint density at radius 2 is 1.80 bits per heavy atom. The maximum absolute atomic E-state index is 5.65. The van der Waals surface area contributed by atoms with Crippen LogP contribution in [0.4, 0.5) is 0 Å². The molecule has 0 N–H and O–H groups in total. The Morgan fingerprint density at radius 3 is 2.45 bits per heavy atom. The number of thioether (sulfide) groups is 6. The fourth-order valence-electron chi connectivity index (χ4n) is 1.85. The normalized spacial score (nSPS) is 29.6. The predicted molar refractivity (Wildman–Crippen MR) is 100 cm³/mol. The molecule has 0 fully saturated rings. The zero-order chi connectivity index (χ0) is 13.5. The monoisotopic (exact) mass is 377 g/mol. The molecule has 0 aliphatic carbocycles. The lowest BCUT2D eigenvalue weighted by Crippen LogP contribution is -2.00. The van der Waals surface area contributed by atoms with E-state index in [0.29, 0.717) is 6.04 Å². The van der Waals surface area contributed by atoms with Crippen molar-refractivity contribution in [1.29, 1.82) is 0 Å². The summed E-state index contributed by atoms with van der Waals surface area (Å²) in [5.41, 5.74) is 0. The zero-order valence-electron chi connectivity index (χ0n) is 10.6. The average molecular weight is 378 g/mol. The first-order valence-corrected chi connectivity index (χ1v) is 11.4. The van der Waals surface area contributed by atoms with Gasteiger partial charge in [-0.05, 0) is 12.3 Å². The molecule has 4 heterocycles. The van der Waals surface area contributed by atoms with Gasteiger partial charge in [-0.3, -0.25) is 0 Å². The van der Waals surface area contributed by atoms with Crippen LogP contribution >= 0.6 is 70.6 Å². The largest absolute Gasteiger partial charge is 0.475 e. The molecule has 4 aliphatic rings. The second-order valence-electron chi connectivity index (χ2n) is 4.35. The number of ether oxygens (including phenoxy) is 1. The Morgan fingerprint density at radius 1 is 1.05 bits per heavy atom. The first-order chi connectivity index (χ1) is 9.79. The Balaban J connectivity index is 1.48. The van der Waals surface area contributed by atoms with E-state index in [1.807, 2.05) is 70.6 Å². The van der Waals surface area contributed by atoms with Crippen molar-refractivity contribution in [3.63, 3.8) is 0 Å². The van der Waals surface area contributed by atoms with Crippen molar-refractivity contribution in [2.45, 2.75) is 13.0 Å². The Kier molecular flexibility index (Phi) is 4.40. The summed E-state index contributed by atoms with van der Waals surface area (Å²) in [4.78, 5) is 5.72. The van der Waals surface area contributed by atoms with Gasteiger partial charge in [0.2, 0.25) is 5.90 Å². The minimum Gasteiger partial charge on any atom is -0.475 e. The summed E-state index contributed by atoms with van der Waals surface area (Å²) in [5.74, 6) is 3.32. The molecule has 2 nitrogen and oxygen atoms in total.